The van der Waals surface area contributed by atoms with Crippen molar-refractivity contribution in [1.82, 2.24) is 5.32 Å². The molecule has 1 heterocycles. The Hall–Kier alpha value is -3.07. The summed E-state index contributed by atoms with van der Waals surface area (Å²) in [5, 5.41) is 2.89. The molecule has 4 rings (SSSR count). The maximum Gasteiger partial charge on any atom is 0.342 e. The number of benzene rings is 2. The summed E-state index contributed by atoms with van der Waals surface area (Å²) in [7, 11) is -2.51. The SMILES string of the molecule is COc1ccc(S(=O)(=O)N2CCc3ccccc32)cc1C(=O)OCC(=O)NC1CCCCC1. The number of esters is 1. The van der Waals surface area contributed by atoms with E-state index < -0.39 is 22.6 Å². The number of anilines is 1. The normalized spacial score (nSPS) is 16.2. The summed E-state index contributed by atoms with van der Waals surface area (Å²) in [5.41, 5.74) is 1.55. The van der Waals surface area contributed by atoms with Crippen molar-refractivity contribution in [3.05, 3.63) is 53.6 Å². The molecule has 8 nitrogen and oxygen atoms in total. The summed E-state index contributed by atoms with van der Waals surface area (Å²) in [6, 6.07) is 11.5. The summed E-state index contributed by atoms with van der Waals surface area (Å²) in [6.07, 6.45) is 5.79. The van der Waals surface area contributed by atoms with E-state index in [1.54, 1.807) is 12.1 Å². The summed E-state index contributed by atoms with van der Waals surface area (Å²) in [6.45, 7) is -0.107. The van der Waals surface area contributed by atoms with Crippen LogP contribution in [-0.4, -0.2) is 46.6 Å². The van der Waals surface area contributed by atoms with Crippen molar-refractivity contribution < 1.29 is 27.5 Å². The Morgan fingerprint density at radius 3 is 2.61 bits per heavy atom. The van der Waals surface area contributed by atoms with Crippen molar-refractivity contribution in [2.24, 2.45) is 0 Å². The van der Waals surface area contributed by atoms with Crippen molar-refractivity contribution in [3.8, 4) is 5.75 Å². The molecule has 1 amide bonds. The molecule has 1 saturated carbocycles. The van der Waals surface area contributed by atoms with Gasteiger partial charge in [0.05, 0.1) is 17.7 Å². The zero-order chi connectivity index (χ0) is 23.4. The first-order valence-corrected chi connectivity index (χ1v) is 12.6. The predicted octanol–water partition coefficient (Wildman–Crippen LogP) is 3.05. The van der Waals surface area contributed by atoms with E-state index in [9.17, 15) is 18.0 Å². The van der Waals surface area contributed by atoms with Crippen LogP contribution in [0.2, 0.25) is 0 Å². The van der Waals surface area contributed by atoms with Crippen LogP contribution < -0.4 is 14.4 Å². The highest BCUT2D eigenvalue weighted by atomic mass is 32.2. The number of ether oxygens (including phenoxy) is 2. The molecule has 0 unspecified atom stereocenters. The van der Waals surface area contributed by atoms with E-state index in [2.05, 4.69) is 5.32 Å². The molecule has 1 aliphatic heterocycles. The second-order valence-corrected chi connectivity index (χ2v) is 10.2. The highest BCUT2D eigenvalue weighted by Gasteiger charge is 2.32. The molecule has 176 valence electrons. The molecule has 33 heavy (non-hydrogen) atoms. The Labute approximate surface area is 193 Å². The molecule has 1 N–H and O–H groups in total. The summed E-state index contributed by atoms with van der Waals surface area (Å²) in [4.78, 5) is 24.9. The monoisotopic (exact) mass is 472 g/mol. The number of nitrogens with zero attached hydrogens (tertiary/aromatic N) is 1. The molecular formula is C24H28N2O6S. The van der Waals surface area contributed by atoms with Crippen molar-refractivity contribution in [2.45, 2.75) is 49.5 Å². The number of methoxy groups -OCH3 is 1. The van der Waals surface area contributed by atoms with Gasteiger partial charge in [-0.15, -0.1) is 0 Å². The molecule has 2 aliphatic rings. The number of fused-ring (bicyclic) bond motifs is 1. The van der Waals surface area contributed by atoms with Crippen LogP contribution in [0.4, 0.5) is 5.69 Å². The van der Waals surface area contributed by atoms with Crippen molar-refractivity contribution >= 4 is 27.6 Å². The number of sulfonamides is 1. The largest absolute Gasteiger partial charge is 0.496 e. The number of rotatable bonds is 7. The Morgan fingerprint density at radius 2 is 1.85 bits per heavy atom. The fraction of sp³-hybridized carbons (Fsp3) is 0.417. The van der Waals surface area contributed by atoms with Gasteiger partial charge >= 0.3 is 5.97 Å². The van der Waals surface area contributed by atoms with Gasteiger partial charge in [0.15, 0.2) is 6.61 Å². The lowest BCUT2D eigenvalue weighted by Crippen LogP contribution is -2.38. The average molecular weight is 473 g/mol. The smallest absolute Gasteiger partial charge is 0.342 e. The lowest BCUT2D eigenvalue weighted by atomic mass is 9.95. The number of hydrogen-bond donors (Lipinski definition) is 1. The summed E-state index contributed by atoms with van der Waals surface area (Å²) in [5.74, 6) is -1.01. The van der Waals surface area contributed by atoms with Crippen LogP contribution >= 0.6 is 0 Å². The number of nitrogens with one attached hydrogen (secondary N) is 1. The maximum atomic E-state index is 13.3. The van der Waals surface area contributed by atoms with Crippen molar-refractivity contribution in [3.63, 3.8) is 0 Å². The highest BCUT2D eigenvalue weighted by Crippen LogP contribution is 2.34. The number of carbonyl (C=O) groups is 2. The minimum atomic E-state index is -3.89. The van der Waals surface area contributed by atoms with Gasteiger partial charge in [-0.25, -0.2) is 13.2 Å². The van der Waals surface area contributed by atoms with E-state index >= 15 is 0 Å². The van der Waals surface area contributed by atoms with Crippen LogP contribution in [0.1, 0.15) is 48.0 Å². The van der Waals surface area contributed by atoms with E-state index in [0.29, 0.717) is 18.7 Å². The Balaban J connectivity index is 1.49. The number of amides is 1. The van der Waals surface area contributed by atoms with Crippen molar-refractivity contribution in [1.29, 1.82) is 0 Å². The van der Waals surface area contributed by atoms with Crippen LogP contribution in [-0.2, 0) is 26.0 Å². The summed E-state index contributed by atoms with van der Waals surface area (Å²) >= 11 is 0. The fourth-order valence-corrected chi connectivity index (χ4v) is 5.95. The van der Waals surface area contributed by atoms with Gasteiger partial charge < -0.3 is 14.8 Å². The summed E-state index contributed by atoms with van der Waals surface area (Å²) < 4.78 is 38.4. The minimum Gasteiger partial charge on any atom is -0.496 e. The second-order valence-electron chi connectivity index (χ2n) is 8.30. The molecule has 9 heteroatoms. The topological polar surface area (TPSA) is 102 Å². The third-order valence-corrected chi connectivity index (χ3v) is 7.94. The van der Waals surface area contributed by atoms with Gasteiger partial charge in [-0.1, -0.05) is 37.5 Å². The van der Waals surface area contributed by atoms with Gasteiger partial charge in [-0.3, -0.25) is 9.10 Å². The van der Waals surface area contributed by atoms with E-state index in [0.717, 1.165) is 31.2 Å². The second kappa shape index (κ2) is 9.82. The first-order chi connectivity index (χ1) is 15.9. The Bertz CT molecular complexity index is 1140. The first kappa shape index (κ1) is 23.1. The van der Waals surface area contributed by atoms with E-state index in [-0.39, 0.29) is 28.2 Å². The fourth-order valence-electron chi connectivity index (χ4n) is 4.42. The molecule has 2 aromatic rings. The van der Waals surface area contributed by atoms with Gasteiger partial charge in [0.2, 0.25) is 0 Å². The van der Waals surface area contributed by atoms with Crippen LogP contribution in [0.25, 0.3) is 0 Å². The standard InChI is InChI=1S/C24H28N2O6S/c1-31-22-12-11-19(33(29,30)26-14-13-17-7-5-6-10-21(17)26)15-20(22)24(28)32-16-23(27)25-18-8-3-2-4-9-18/h5-7,10-12,15,18H,2-4,8-9,13-14,16H2,1H3,(H,25,27). The minimum absolute atomic E-state index is 0.0430. The molecule has 0 bridgehead atoms. The van der Waals surface area contributed by atoms with E-state index in [1.807, 2.05) is 12.1 Å². The van der Waals surface area contributed by atoms with Crippen molar-refractivity contribution in [2.75, 3.05) is 24.6 Å². The number of para-hydroxylation sites is 1. The van der Waals surface area contributed by atoms with Crippen LogP contribution in [0, 0.1) is 0 Å². The van der Waals surface area contributed by atoms with E-state index in [4.69, 9.17) is 9.47 Å². The molecule has 0 aromatic heterocycles. The molecule has 2 aromatic carbocycles. The molecule has 0 spiro atoms. The Kier molecular flexibility index (Phi) is 6.88. The number of carbonyl (C=O) groups excluding carboxylic acids is 2. The molecule has 1 fully saturated rings. The van der Waals surface area contributed by atoms with Gasteiger partial charge in [0.1, 0.15) is 11.3 Å². The lowest BCUT2D eigenvalue weighted by Gasteiger charge is -2.22. The van der Waals surface area contributed by atoms with Crippen LogP contribution in [0.3, 0.4) is 0 Å². The van der Waals surface area contributed by atoms with E-state index in [1.165, 1.54) is 36.0 Å². The lowest BCUT2D eigenvalue weighted by molar-refractivity contribution is -0.125. The molecule has 0 atom stereocenters. The molecular weight excluding hydrogens is 444 g/mol. The number of hydrogen-bond acceptors (Lipinski definition) is 6. The first-order valence-electron chi connectivity index (χ1n) is 11.2. The molecule has 0 saturated heterocycles. The molecule has 1 aliphatic carbocycles. The van der Waals surface area contributed by atoms with Crippen LogP contribution in [0.15, 0.2) is 47.4 Å². The van der Waals surface area contributed by atoms with Gasteiger partial charge in [-0.2, -0.15) is 0 Å². The zero-order valence-electron chi connectivity index (χ0n) is 18.6. The third-order valence-electron chi connectivity index (χ3n) is 6.13. The average Bonchev–Trinajstić information content (AvgIpc) is 3.28. The highest BCUT2D eigenvalue weighted by molar-refractivity contribution is 7.92. The quantitative estimate of drug-likeness (QED) is 0.622. The zero-order valence-corrected chi connectivity index (χ0v) is 19.4. The Morgan fingerprint density at radius 1 is 1.09 bits per heavy atom. The predicted molar refractivity (Wildman–Crippen MR) is 123 cm³/mol. The van der Waals surface area contributed by atoms with Gasteiger partial charge in [0.25, 0.3) is 15.9 Å². The molecule has 0 radical (unpaired) electrons. The maximum absolute atomic E-state index is 13.3. The van der Waals surface area contributed by atoms with Gasteiger partial charge in [-0.05, 0) is 49.1 Å². The van der Waals surface area contributed by atoms with Gasteiger partial charge in [0, 0.05) is 12.6 Å². The van der Waals surface area contributed by atoms with Crippen LogP contribution in [0.5, 0.6) is 5.75 Å². The third kappa shape index (κ3) is 4.98.